The van der Waals surface area contributed by atoms with E-state index in [0.29, 0.717) is 6.54 Å². The molecule has 1 saturated heterocycles. The number of imide groups is 1. The fraction of sp³-hybridized carbons (Fsp3) is 0.471. The lowest BCUT2D eigenvalue weighted by atomic mass is 9.89. The third kappa shape index (κ3) is 4.12. The maximum atomic E-state index is 14.5. The van der Waals surface area contributed by atoms with Gasteiger partial charge in [-0.05, 0) is 25.5 Å². The smallest absolute Gasteiger partial charge is 0.308 e. The standard InChI is InChI=1S/C17H20F2N2O4/c1-3-21(8-9(2)17(24)25)10-6-12(18)15(13(19)7-10)11-4-5-14(22)20-16(11)23/h6-7,9,11H,3-5,8H2,1-2H3,(H,24,25)(H,20,22,23)/t9-,11-/m1/s1. The number of halogens is 2. The summed E-state index contributed by atoms with van der Waals surface area (Å²) in [6.07, 6.45) is 0.0691. The van der Waals surface area contributed by atoms with Crippen molar-refractivity contribution < 1.29 is 28.3 Å². The predicted molar refractivity (Wildman–Crippen MR) is 86.2 cm³/mol. The molecule has 0 aromatic heterocycles. The maximum absolute atomic E-state index is 14.5. The molecule has 1 aliphatic heterocycles. The van der Waals surface area contributed by atoms with Gasteiger partial charge in [-0.2, -0.15) is 0 Å². The molecule has 0 aliphatic carbocycles. The number of carbonyl (C=O) groups is 3. The fourth-order valence-electron chi connectivity index (χ4n) is 2.88. The van der Waals surface area contributed by atoms with Crippen LogP contribution >= 0.6 is 0 Å². The van der Waals surface area contributed by atoms with Crippen LogP contribution in [0, 0.1) is 17.6 Å². The molecule has 1 aromatic carbocycles. The Morgan fingerprint density at radius 1 is 1.36 bits per heavy atom. The predicted octanol–water partition coefficient (Wildman–Crippen LogP) is 2.03. The van der Waals surface area contributed by atoms with Crippen molar-refractivity contribution in [2.24, 2.45) is 5.92 Å². The zero-order valence-electron chi connectivity index (χ0n) is 14.0. The van der Waals surface area contributed by atoms with Crippen LogP contribution in [0.25, 0.3) is 0 Å². The number of nitrogens with zero attached hydrogens (tertiary/aromatic N) is 1. The summed E-state index contributed by atoms with van der Waals surface area (Å²) < 4.78 is 29.0. The van der Waals surface area contributed by atoms with Crippen LogP contribution in [0.3, 0.4) is 0 Å². The minimum absolute atomic E-state index is 0.0221. The van der Waals surface area contributed by atoms with Gasteiger partial charge in [0.1, 0.15) is 11.6 Å². The summed E-state index contributed by atoms with van der Waals surface area (Å²) >= 11 is 0. The summed E-state index contributed by atoms with van der Waals surface area (Å²) in [7, 11) is 0. The van der Waals surface area contributed by atoms with Gasteiger partial charge in [-0.25, -0.2) is 8.78 Å². The molecule has 6 nitrogen and oxygen atoms in total. The van der Waals surface area contributed by atoms with Gasteiger partial charge >= 0.3 is 5.97 Å². The lowest BCUT2D eigenvalue weighted by Crippen LogP contribution is -2.40. The van der Waals surface area contributed by atoms with Crippen LogP contribution in [-0.2, 0) is 14.4 Å². The van der Waals surface area contributed by atoms with Gasteiger partial charge in [0, 0.05) is 30.8 Å². The van der Waals surface area contributed by atoms with E-state index in [2.05, 4.69) is 5.32 Å². The van der Waals surface area contributed by atoms with Crippen LogP contribution in [0.1, 0.15) is 38.2 Å². The Labute approximate surface area is 143 Å². The first kappa shape index (κ1) is 18.8. The van der Waals surface area contributed by atoms with E-state index in [1.807, 2.05) is 0 Å². The number of aliphatic carboxylic acids is 1. The number of rotatable bonds is 6. The third-order valence-corrected chi connectivity index (χ3v) is 4.31. The van der Waals surface area contributed by atoms with Crippen molar-refractivity contribution in [1.29, 1.82) is 0 Å². The number of hydrogen-bond acceptors (Lipinski definition) is 4. The summed E-state index contributed by atoms with van der Waals surface area (Å²) in [6.45, 7) is 3.73. The highest BCUT2D eigenvalue weighted by Gasteiger charge is 2.33. The molecular formula is C17H20F2N2O4. The molecule has 2 amide bonds. The van der Waals surface area contributed by atoms with E-state index in [9.17, 15) is 23.2 Å². The highest BCUT2D eigenvalue weighted by molar-refractivity contribution is 6.01. The van der Waals surface area contributed by atoms with E-state index < -0.39 is 41.3 Å². The molecule has 1 heterocycles. The van der Waals surface area contributed by atoms with E-state index in [1.165, 1.54) is 6.92 Å². The number of hydrogen-bond donors (Lipinski definition) is 2. The molecule has 25 heavy (non-hydrogen) atoms. The van der Waals surface area contributed by atoms with Crippen molar-refractivity contribution in [2.45, 2.75) is 32.6 Å². The number of amides is 2. The molecule has 0 saturated carbocycles. The molecule has 0 unspecified atom stereocenters. The second-order valence-electron chi connectivity index (χ2n) is 6.10. The first-order valence-electron chi connectivity index (χ1n) is 8.05. The average molecular weight is 354 g/mol. The maximum Gasteiger partial charge on any atom is 0.308 e. The molecule has 1 aromatic rings. The highest BCUT2D eigenvalue weighted by Crippen LogP contribution is 2.32. The molecule has 0 bridgehead atoms. The normalized spacial score (nSPS) is 18.6. The Morgan fingerprint density at radius 2 is 1.96 bits per heavy atom. The Morgan fingerprint density at radius 3 is 2.44 bits per heavy atom. The van der Waals surface area contributed by atoms with Crippen LogP contribution in [-0.4, -0.2) is 36.0 Å². The van der Waals surface area contributed by atoms with Gasteiger partial charge in [0.2, 0.25) is 11.8 Å². The van der Waals surface area contributed by atoms with Gasteiger partial charge in [-0.3, -0.25) is 19.7 Å². The van der Waals surface area contributed by atoms with Gasteiger partial charge in [-0.1, -0.05) is 6.92 Å². The number of piperidine rings is 1. The monoisotopic (exact) mass is 354 g/mol. The third-order valence-electron chi connectivity index (χ3n) is 4.31. The Hall–Kier alpha value is -2.51. The molecule has 0 spiro atoms. The van der Waals surface area contributed by atoms with Crippen molar-refractivity contribution >= 4 is 23.5 Å². The SMILES string of the molecule is CCN(C[C@@H](C)C(=O)O)c1cc(F)c([C@H]2CCC(=O)NC2=O)c(F)c1. The van der Waals surface area contributed by atoms with Gasteiger partial charge in [0.05, 0.1) is 11.8 Å². The number of anilines is 1. The molecule has 2 rings (SSSR count). The lowest BCUT2D eigenvalue weighted by Gasteiger charge is -2.27. The first-order chi connectivity index (χ1) is 11.7. The minimum Gasteiger partial charge on any atom is -0.481 e. The van der Waals surface area contributed by atoms with Crippen molar-refractivity contribution in [3.8, 4) is 0 Å². The van der Waals surface area contributed by atoms with Gasteiger partial charge in [-0.15, -0.1) is 0 Å². The number of nitrogens with one attached hydrogen (secondary N) is 1. The second kappa shape index (κ2) is 7.58. The van der Waals surface area contributed by atoms with E-state index in [0.717, 1.165) is 12.1 Å². The molecule has 2 atom stereocenters. The second-order valence-corrected chi connectivity index (χ2v) is 6.10. The molecular weight excluding hydrogens is 334 g/mol. The number of benzene rings is 1. The van der Waals surface area contributed by atoms with E-state index in [4.69, 9.17) is 5.11 Å². The molecule has 2 N–H and O–H groups in total. The first-order valence-corrected chi connectivity index (χ1v) is 8.05. The summed E-state index contributed by atoms with van der Waals surface area (Å²) in [5, 5.41) is 11.1. The average Bonchev–Trinajstić information content (AvgIpc) is 2.53. The molecule has 136 valence electrons. The topological polar surface area (TPSA) is 86.7 Å². The van der Waals surface area contributed by atoms with E-state index in [1.54, 1.807) is 11.8 Å². The summed E-state index contributed by atoms with van der Waals surface area (Å²) in [5.41, 5.74) is -0.155. The minimum atomic E-state index is -1.06. The summed E-state index contributed by atoms with van der Waals surface area (Å²) in [6, 6.07) is 2.19. The zero-order valence-corrected chi connectivity index (χ0v) is 14.0. The summed E-state index contributed by atoms with van der Waals surface area (Å²) in [5.74, 6) is -5.70. The largest absolute Gasteiger partial charge is 0.481 e. The van der Waals surface area contributed by atoms with Crippen molar-refractivity contribution in [3.05, 3.63) is 29.3 Å². The zero-order chi connectivity index (χ0) is 18.7. The Balaban J connectivity index is 2.31. The molecule has 0 radical (unpaired) electrons. The van der Waals surface area contributed by atoms with Crippen molar-refractivity contribution in [1.82, 2.24) is 5.32 Å². The molecule has 1 aliphatic rings. The van der Waals surface area contributed by atoms with Gasteiger partial charge < -0.3 is 10.0 Å². The van der Waals surface area contributed by atoms with E-state index >= 15 is 0 Å². The van der Waals surface area contributed by atoms with Crippen LogP contribution in [0.2, 0.25) is 0 Å². The van der Waals surface area contributed by atoms with Crippen molar-refractivity contribution in [3.63, 3.8) is 0 Å². The van der Waals surface area contributed by atoms with Crippen LogP contribution in [0.4, 0.5) is 14.5 Å². The van der Waals surface area contributed by atoms with Crippen molar-refractivity contribution in [2.75, 3.05) is 18.0 Å². The number of carboxylic acid groups (broad SMARTS) is 1. The summed E-state index contributed by atoms with van der Waals surface area (Å²) in [4.78, 5) is 35.6. The molecule has 8 heteroatoms. The van der Waals surface area contributed by atoms with Crippen LogP contribution < -0.4 is 10.2 Å². The fourth-order valence-corrected chi connectivity index (χ4v) is 2.88. The van der Waals surface area contributed by atoms with Crippen LogP contribution in [0.5, 0.6) is 0 Å². The van der Waals surface area contributed by atoms with Gasteiger partial charge in [0.15, 0.2) is 0 Å². The van der Waals surface area contributed by atoms with Gasteiger partial charge in [0.25, 0.3) is 0 Å². The Kier molecular flexibility index (Phi) is 5.71. The number of carboxylic acids is 1. The van der Waals surface area contributed by atoms with Crippen LogP contribution in [0.15, 0.2) is 12.1 Å². The molecule has 1 fully saturated rings. The van der Waals surface area contributed by atoms with E-state index in [-0.39, 0.29) is 30.6 Å². The lowest BCUT2D eigenvalue weighted by molar-refractivity contribution is -0.141. The Bertz CT molecular complexity index is 685. The quantitative estimate of drug-likeness (QED) is 0.764. The number of carbonyl (C=O) groups excluding carboxylic acids is 2. The highest BCUT2D eigenvalue weighted by atomic mass is 19.1.